The standard InChI is InChI=1S/C16H18N4O/c17-19-13-8-9-18-14(10-13)11-20-15-6-2-1-4-12(15)5-3-7-16(20)21/h1-2,4,6,8-10H,3,5,7,11,17H2,(H,18,19). The van der Waals surface area contributed by atoms with Gasteiger partial charge >= 0.3 is 0 Å². The van der Waals surface area contributed by atoms with Crippen LogP contribution in [0.3, 0.4) is 0 Å². The molecule has 0 unspecified atom stereocenters. The molecule has 5 nitrogen and oxygen atoms in total. The number of pyridine rings is 1. The van der Waals surface area contributed by atoms with Crippen LogP contribution in [0.25, 0.3) is 0 Å². The molecule has 3 N–H and O–H groups in total. The Morgan fingerprint density at radius 3 is 2.95 bits per heavy atom. The van der Waals surface area contributed by atoms with Crippen molar-refractivity contribution in [3.63, 3.8) is 0 Å². The molecule has 2 heterocycles. The number of para-hydroxylation sites is 1. The van der Waals surface area contributed by atoms with E-state index in [0.717, 1.165) is 29.9 Å². The van der Waals surface area contributed by atoms with Gasteiger partial charge in [-0.1, -0.05) is 18.2 Å². The van der Waals surface area contributed by atoms with Crippen LogP contribution < -0.4 is 16.2 Å². The van der Waals surface area contributed by atoms with E-state index in [9.17, 15) is 4.79 Å². The highest BCUT2D eigenvalue weighted by atomic mass is 16.2. The summed E-state index contributed by atoms with van der Waals surface area (Å²) >= 11 is 0. The van der Waals surface area contributed by atoms with Crippen molar-refractivity contribution >= 4 is 17.3 Å². The van der Waals surface area contributed by atoms with Gasteiger partial charge in [-0.25, -0.2) is 0 Å². The summed E-state index contributed by atoms with van der Waals surface area (Å²) in [6.07, 6.45) is 4.10. The third-order valence-corrected chi connectivity index (χ3v) is 3.72. The summed E-state index contributed by atoms with van der Waals surface area (Å²) in [5.74, 6) is 5.57. The zero-order valence-electron chi connectivity index (χ0n) is 11.7. The third kappa shape index (κ3) is 2.87. The summed E-state index contributed by atoms with van der Waals surface area (Å²) in [4.78, 5) is 18.5. The average Bonchev–Trinajstić information content (AvgIpc) is 2.68. The first-order valence-corrected chi connectivity index (χ1v) is 7.08. The Bertz CT molecular complexity index is 656. The number of nitrogens with zero attached hydrogens (tertiary/aromatic N) is 2. The lowest BCUT2D eigenvalue weighted by Crippen LogP contribution is -2.30. The molecule has 1 amide bonds. The summed E-state index contributed by atoms with van der Waals surface area (Å²) in [5.41, 5.74) is 6.42. The Kier molecular flexibility index (Phi) is 3.83. The highest BCUT2D eigenvalue weighted by Gasteiger charge is 2.22. The number of aryl methyl sites for hydroxylation is 1. The first-order chi connectivity index (χ1) is 10.3. The predicted octanol–water partition coefficient (Wildman–Crippen LogP) is 2.24. The topological polar surface area (TPSA) is 71.2 Å². The molecule has 0 aliphatic carbocycles. The molecule has 2 aromatic rings. The van der Waals surface area contributed by atoms with Crippen LogP contribution in [-0.2, 0) is 17.8 Å². The second-order valence-corrected chi connectivity index (χ2v) is 5.14. The van der Waals surface area contributed by atoms with Crippen LogP contribution in [0.5, 0.6) is 0 Å². The summed E-state index contributed by atoms with van der Waals surface area (Å²) in [6, 6.07) is 11.7. The average molecular weight is 282 g/mol. The van der Waals surface area contributed by atoms with Crippen molar-refractivity contribution < 1.29 is 4.79 Å². The van der Waals surface area contributed by atoms with Crippen molar-refractivity contribution in [2.45, 2.75) is 25.8 Å². The van der Waals surface area contributed by atoms with Crippen molar-refractivity contribution in [3.05, 3.63) is 53.9 Å². The van der Waals surface area contributed by atoms with Gasteiger partial charge in [-0.15, -0.1) is 0 Å². The van der Waals surface area contributed by atoms with Gasteiger partial charge in [0.05, 0.1) is 17.9 Å². The van der Waals surface area contributed by atoms with E-state index >= 15 is 0 Å². The van der Waals surface area contributed by atoms with E-state index in [0.29, 0.717) is 13.0 Å². The molecule has 0 spiro atoms. The Labute approximate surface area is 123 Å². The summed E-state index contributed by atoms with van der Waals surface area (Å²) in [7, 11) is 0. The number of nitrogens with one attached hydrogen (secondary N) is 1. The molecular weight excluding hydrogens is 264 g/mol. The van der Waals surface area contributed by atoms with Crippen LogP contribution in [-0.4, -0.2) is 10.9 Å². The molecule has 0 fully saturated rings. The number of carbonyl (C=O) groups excluding carboxylic acids is 1. The van der Waals surface area contributed by atoms with E-state index in [2.05, 4.69) is 16.5 Å². The number of hydrogen-bond donors (Lipinski definition) is 2. The fourth-order valence-electron chi connectivity index (χ4n) is 2.67. The van der Waals surface area contributed by atoms with Crippen molar-refractivity contribution in [1.29, 1.82) is 0 Å². The summed E-state index contributed by atoms with van der Waals surface area (Å²) < 4.78 is 0. The Morgan fingerprint density at radius 2 is 2.10 bits per heavy atom. The maximum absolute atomic E-state index is 12.4. The SMILES string of the molecule is NNc1ccnc(CN2C(=O)CCCc3ccccc32)c1. The lowest BCUT2D eigenvalue weighted by Gasteiger charge is -2.22. The largest absolute Gasteiger partial charge is 0.324 e. The fraction of sp³-hybridized carbons (Fsp3) is 0.250. The van der Waals surface area contributed by atoms with Crippen LogP contribution >= 0.6 is 0 Å². The smallest absolute Gasteiger partial charge is 0.227 e. The Hall–Kier alpha value is -2.40. The molecule has 0 bridgehead atoms. The third-order valence-electron chi connectivity index (χ3n) is 3.72. The van der Waals surface area contributed by atoms with Crippen LogP contribution in [0.2, 0.25) is 0 Å². The second kappa shape index (κ2) is 5.93. The molecule has 1 aromatic carbocycles. The molecular formula is C16H18N4O. The van der Waals surface area contributed by atoms with Crippen molar-refractivity contribution in [2.24, 2.45) is 5.84 Å². The number of nitrogens with two attached hydrogens (primary N) is 1. The first kappa shape index (κ1) is 13.6. The molecule has 1 aliphatic heterocycles. The van der Waals surface area contributed by atoms with Gasteiger partial charge in [0.15, 0.2) is 0 Å². The van der Waals surface area contributed by atoms with Gasteiger partial charge in [0.25, 0.3) is 0 Å². The van der Waals surface area contributed by atoms with E-state index in [1.165, 1.54) is 5.56 Å². The van der Waals surface area contributed by atoms with Gasteiger partial charge in [-0.2, -0.15) is 0 Å². The number of hydrogen-bond acceptors (Lipinski definition) is 4. The molecule has 21 heavy (non-hydrogen) atoms. The minimum Gasteiger partial charge on any atom is -0.324 e. The molecule has 1 aliphatic rings. The Morgan fingerprint density at radius 1 is 1.24 bits per heavy atom. The number of benzene rings is 1. The zero-order chi connectivity index (χ0) is 14.7. The number of anilines is 2. The van der Waals surface area contributed by atoms with Gasteiger partial charge in [0.2, 0.25) is 5.91 Å². The summed E-state index contributed by atoms with van der Waals surface area (Å²) in [5, 5.41) is 0. The molecule has 0 saturated heterocycles. The lowest BCUT2D eigenvalue weighted by atomic mass is 10.1. The minimum absolute atomic E-state index is 0.146. The highest BCUT2D eigenvalue weighted by Crippen LogP contribution is 2.28. The van der Waals surface area contributed by atoms with Gasteiger partial charge in [0.1, 0.15) is 0 Å². The molecule has 5 heteroatoms. The van der Waals surface area contributed by atoms with E-state index in [1.54, 1.807) is 12.3 Å². The minimum atomic E-state index is 0.146. The predicted molar refractivity (Wildman–Crippen MR) is 82.6 cm³/mol. The van der Waals surface area contributed by atoms with E-state index < -0.39 is 0 Å². The van der Waals surface area contributed by atoms with Gasteiger partial charge in [-0.3, -0.25) is 15.6 Å². The number of fused-ring (bicyclic) bond motifs is 1. The van der Waals surface area contributed by atoms with Gasteiger partial charge in [-0.05, 0) is 36.6 Å². The van der Waals surface area contributed by atoms with Crippen LogP contribution in [0, 0.1) is 0 Å². The van der Waals surface area contributed by atoms with Crippen molar-refractivity contribution in [1.82, 2.24) is 4.98 Å². The quantitative estimate of drug-likeness (QED) is 0.669. The fourth-order valence-corrected chi connectivity index (χ4v) is 2.67. The molecule has 3 rings (SSSR count). The second-order valence-electron chi connectivity index (χ2n) is 5.14. The monoisotopic (exact) mass is 282 g/mol. The maximum Gasteiger partial charge on any atom is 0.227 e. The van der Waals surface area contributed by atoms with Crippen molar-refractivity contribution in [3.8, 4) is 0 Å². The van der Waals surface area contributed by atoms with E-state index in [-0.39, 0.29) is 5.91 Å². The van der Waals surface area contributed by atoms with E-state index in [4.69, 9.17) is 5.84 Å². The molecule has 0 radical (unpaired) electrons. The highest BCUT2D eigenvalue weighted by molar-refractivity contribution is 5.94. The van der Waals surface area contributed by atoms with Gasteiger partial charge < -0.3 is 10.3 Å². The lowest BCUT2D eigenvalue weighted by molar-refractivity contribution is -0.118. The van der Waals surface area contributed by atoms with Gasteiger partial charge in [0, 0.05) is 18.3 Å². The number of hydrazine groups is 1. The normalized spacial score (nSPS) is 14.5. The van der Waals surface area contributed by atoms with Crippen LogP contribution in [0.4, 0.5) is 11.4 Å². The summed E-state index contributed by atoms with van der Waals surface area (Å²) in [6.45, 7) is 0.464. The van der Waals surface area contributed by atoms with Crippen LogP contribution in [0.15, 0.2) is 42.6 Å². The first-order valence-electron chi connectivity index (χ1n) is 7.08. The maximum atomic E-state index is 12.4. The molecule has 108 valence electrons. The zero-order valence-corrected chi connectivity index (χ0v) is 11.7. The van der Waals surface area contributed by atoms with Crippen molar-refractivity contribution in [2.75, 3.05) is 10.3 Å². The number of amides is 1. The molecule has 1 aromatic heterocycles. The number of carbonyl (C=O) groups is 1. The molecule has 0 atom stereocenters. The van der Waals surface area contributed by atoms with Crippen LogP contribution in [0.1, 0.15) is 24.1 Å². The number of aromatic nitrogens is 1. The molecule has 0 saturated carbocycles. The number of nitrogen functional groups attached to an aromatic ring is 1. The number of rotatable bonds is 3. The Balaban J connectivity index is 1.93. The van der Waals surface area contributed by atoms with E-state index in [1.807, 2.05) is 29.2 Å².